The van der Waals surface area contributed by atoms with Crippen LogP contribution in [0, 0.1) is 6.92 Å². The number of rotatable bonds is 6. The monoisotopic (exact) mass is 349 g/mol. The molecule has 7 heteroatoms. The molecule has 0 bridgehead atoms. The van der Waals surface area contributed by atoms with E-state index >= 15 is 0 Å². The molecule has 0 aliphatic heterocycles. The summed E-state index contributed by atoms with van der Waals surface area (Å²) in [5, 5.41) is 11.6. The molecule has 3 aromatic heterocycles. The summed E-state index contributed by atoms with van der Waals surface area (Å²) >= 11 is 0. The Bertz CT molecular complexity index is 1020. The Morgan fingerprint density at radius 1 is 1.19 bits per heavy atom. The van der Waals surface area contributed by atoms with Crippen molar-refractivity contribution >= 4 is 16.6 Å². The molecule has 3 heterocycles. The van der Waals surface area contributed by atoms with E-state index < -0.39 is 0 Å². The van der Waals surface area contributed by atoms with Gasteiger partial charge in [-0.1, -0.05) is 12.1 Å². The van der Waals surface area contributed by atoms with Gasteiger partial charge in [0, 0.05) is 29.7 Å². The van der Waals surface area contributed by atoms with E-state index in [1.54, 1.807) is 13.4 Å². The van der Waals surface area contributed by atoms with E-state index in [0.29, 0.717) is 24.6 Å². The summed E-state index contributed by atoms with van der Waals surface area (Å²) in [5.74, 6) is 2.80. The van der Waals surface area contributed by atoms with Gasteiger partial charge >= 0.3 is 0 Å². The summed E-state index contributed by atoms with van der Waals surface area (Å²) < 4.78 is 10.7. The van der Waals surface area contributed by atoms with Gasteiger partial charge in [0.2, 0.25) is 5.82 Å². The van der Waals surface area contributed by atoms with Gasteiger partial charge in [-0.25, -0.2) is 9.97 Å². The number of fused-ring (bicyclic) bond motifs is 1. The molecule has 0 atom stereocenters. The number of H-pyrrole nitrogens is 1. The van der Waals surface area contributed by atoms with Crippen LogP contribution < -0.4 is 10.1 Å². The van der Waals surface area contributed by atoms with Crippen molar-refractivity contribution in [1.82, 2.24) is 20.2 Å². The molecule has 0 fully saturated rings. The zero-order valence-corrected chi connectivity index (χ0v) is 14.6. The molecule has 0 saturated heterocycles. The normalized spacial score (nSPS) is 11.0. The number of hydrogen-bond donors (Lipinski definition) is 2. The number of aromatic amines is 1. The number of benzene rings is 1. The number of para-hydroxylation sites is 1. The van der Waals surface area contributed by atoms with Crippen LogP contribution in [0.5, 0.6) is 5.75 Å². The third-order valence-electron chi connectivity index (χ3n) is 4.10. The van der Waals surface area contributed by atoms with Crippen molar-refractivity contribution in [3.8, 4) is 17.3 Å². The van der Waals surface area contributed by atoms with Gasteiger partial charge in [-0.05, 0) is 31.2 Å². The lowest BCUT2D eigenvalue weighted by molar-refractivity contribution is 0.419. The second kappa shape index (κ2) is 6.87. The maximum Gasteiger partial charge on any atom is 0.216 e. The van der Waals surface area contributed by atoms with Gasteiger partial charge in [0.1, 0.15) is 17.1 Å². The topological polar surface area (TPSA) is 88.9 Å². The van der Waals surface area contributed by atoms with E-state index in [9.17, 15) is 0 Å². The number of nitrogens with zero attached hydrogens (tertiary/aromatic N) is 3. The Hall–Kier alpha value is -3.35. The van der Waals surface area contributed by atoms with Gasteiger partial charge in [0.15, 0.2) is 5.76 Å². The number of furan rings is 1. The molecule has 1 aromatic carbocycles. The molecule has 0 spiro atoms. The zero-order valence-electron chi connectivity index (χ0n) is 14.6. The first kappa shape index (κ1) is 16.1. The quantitative estimate of drug-likeness (QED) is 0.553. The molecule has 0 unspecified atom stereocenters. The predicted molar refractivity (Wildman–Crippen MR) is 99.3 cm³/mol. The van der Waals surface area contributed by atoms with Crippen LogP contribution in [-0.2, 0) is 6.42 Å². The first-order valence-electron chi connectivity index (χ1n) is 8.38. The number of ether oxygens (including phenoxy) is 1. The average molecular weight is 349 g/mol. The Labute approximate surface area is 150 Å². The first-order chi connectivity index (χ1) is 12.7. The molecule has 132 valence electrons. The van der Waals surface area contributed by atoms with Gasteiger partial charge in [0.25, 0.3) is 0 Å². The fraction of sp³-hybridized carbons (Fsp3) is 0.211. The Morgan fingerprint density at radius 2 is 2.12 bits per heavy atom. The van der Waals surface area contributed by atoms with Crippen LogP contribution in [0.3, 0.4) is 0 Å². The fourth-order valence-electron chi connectivity index (χ4n) is 2.90. The van der Waals surface area contributed by atoms with Gasteiger partial charge in [-0.15, -0.1) is 0 Å². The minimum absolute atomic E-state index is 0.569. The molecular formula is C19H19N5O2. The van der Waals surface area contributed by atoms with Crippen molar-refractivity contribution < 1.29 is 9.15 Å². The van der Waals surface area contributed by atoms with E-state index in [4.69, 9.17) is 9.15 Å². The third kappa shape index (κ3) is 3.11. The predicted octanol–water partition coefficient (Wildman–Crippen LogP) is 3.58. The van der Waals surface area contributed by atoms with Crippen molar-refractivity contribution in [3.63, 3.8) is 0 Å². The number of pyridine rings is 1. The molecule has 4 rings (SSSR count). The van der Waals surface area contributed by atoms with E-state index in [1.807, 2.05) is 43.3 Å². The number of methoxy groups -OCH3 is 1. The molecule has 26 heavy (non-hydrogen) atoms. The summed E-state index contributed by atoms with van der Waals surface area (Å²) in [6.45, 7) is 2.69. The van der Waals surface area contributed by atoms with Gasteiger partial charge in [-0.2, -0.15) is 5.10 Å². The lowest BCUT2D eigenvalue weighted by Gasteiger charge is -2.12. The van der Waals surface area contributed by atoms with E-state index in [0.717, 1.165) is 33.9 Å². The molecule has 2 N–H and O–H groups in total. The van der Waals surface area contributed by atoms with Gasteiger partial charge in [-0.3, -0.25) is 5.10 Å². The standard InChI is InChI=1S/C19H19N5O2/c1-12-11-14(13-5-3-6-15(25-2)18(13)21-12)20-9-8-17-22-19(24-23-17)16-7-4-10-26-16/h3-7,10-11H,8-9H2,1-2H3,(H,20,21)(H,22,23,24). The van der Waals surface area contributed by atoms with Crippen LogP contribution >= 0.6 is 0 Å². The smallest absolute Gasteiger partial charge is 0.216 e. The SMILES string of the molecule is COc1cccc2c(NCCc3nc(-c4ccco4)n[nH]3)cc(C)nc12. The van der Waals surface area contributed by atoms with E-state index in [2.05, 4.69) is 25.5 Å². The third-order valence-corrected chi connectivity index (χ3v) is 4.10. The molecule has 0 aliphatic rings. The Balaban J connectivity index is 1.50. The number of aryl methyl sites for hydroxylation is 1. The zero-order chi connectivity index (χ0) is 17.9. The fourth-order valence-corrected chi connectivity index (χ4v) is 2.90. The molecule has 7 nitrogen and oxygen atoms in total. The lowest BCUT2D eigenvalue weighted by atomic mass is 10.1. The second-order valence-electron chi connectivity index (χ2n) is 5.93. The van der Waals surface area contributed by atoms with Crippen LogP contribution in [0.25, 0.3) is 22.5 Å². The summed E-state index contributed by atoms with van der Waals surface area (Å²) in [6, 6.07) is 11.6. The van der Waals surface area contributed by atoms with Crippen molar-refractivity contribution in [2.24, 2.45) is 0 Å². The minimum atomic E-state index is 0.569. The Morgan fingerprint density at radius 3 is 2.92 bits per heavy atom. The highest BCUT2D eigenvalue weighted by Crippen LogP contribution is 2.29. The molecule has 0 radical (unpaired) electrons. The average Bonchev–Trinajstić information content (AvgIpc) is 3.32. The van der Waals surface area contributed by atoms with Crippen LogP contribution in [0.4, 0.5) is 5.69 Å². The highest BCUT2D eigenvalue weighted by Gasteiger charge is 2.10. The second-order valence-corrected chi connectivity index (χ2v) is 5.93. The van der Waals surface area contributed by atoms with Crippen molar-refractivity contribution in [2.75, 3.05) is 19.0 Å². The number of aromatic nitrogens is 4. The van der Waals surface area contributed by atoms with Gasteiger partial charge in [0.05, 0.1) is 13.4 Å². The number of anilines is 1. The van der Waals surface area contributed by atoms with Crippen LogP contribution in [0.1, 0.15) is 11.5 Å². The van der Waals surface area contributed by atoms with E-state index in [1.165, 1.54) is 0 Å². The number of nitrogens with one attached hydrogen (secondary N) is 2. The largest absolute Gasteiger partial charge is 0.494 e. The first-order valence-corrected chi connectivity index (χ1v) is 8.38. The van der Waals surface area contributed by atoms with Crippen LogP contribution in [0.2, 0.25) is 0 Å². The summed E-state index contributed by atoms with van der Waals surface area (Å²) in [4.78, 5) is 9.06. The highest BCUT2D eigenvalue weighted by molar-refractivity contribution is 5.95. The number of hydrogen-bond acceptors (Lipinski definition) is 6. The molecule has 0 amide bonds. The summed E-state index contributed by atoms with van der Waals surface area (Å²) in [6.07, 6.45) is 2.32. The maximum atomic E-state index is 5.43. The van der Waals surface area contributed by atoms with Crippen molar-refractivity contribution in [1.29, 1.82) is 0 Å². The maximum absolute atomic E-state index is 5.43. The molecule has 0 aliphatic carbocycles. The lowest BCUT2D eigenvalue weighted by Crippen LogP contribution is -2.07. The Kier molecular flexibility index (Phi) is 4.27. The van der Waals surface area contributed by atoms with Crippen molar-refractivity contribution in [2.45, 2.75) is 13.3 Å². The van der Waals surface area contributed by atoms with Crippen LogP contribution in [-0.4, -0.2) is 33.8 Å². The van der Waals surface area contributed by atoms with Crippen LogP contribution in [0.15, 0.2) is 47.1 Å². The summed E-state index contributed by atoms with van der Waals surface area (Å²) in [7, 11) is 1.66. The molecular weight excluding hydrogens is 330 g/mol. The molecule has 4 aromatic rings. The summed E-state index contributed by atoms with van der Waals surface area (Å²) in [5.41, 5.74) is 2.82. The van der Waals surface area contributed by atoms with E-state index in [-0.39, 0.29) is 0 Å². The molecule has 0 saturated carbocycles. The highest BCUT2D eigenvalue weighted by atomic mass is 16.5. The van der Waals surface area contributed by atoms with Gasteiger partial charge < -0.3 is 14.5 Å². The van der Waals surface area contributed by atoms with Crippen molar-refractivity contribution in [3.05, 3.63) is 54.2 Å². The minimum Gasteiger partial charge on any atom is -0.494 e.